The third-order valence-electron chi connectivity index (χ3n) is 11.8. The van der Waals surface area contributed by atoms with Gasteiger partial charge < -0.3 is 24.5 Å². The second-order valence-corrected chi connectivity index (χ2v) is 15.2. The van der Waals surface area contributed by atoms with Gasteiger partial charge in [-0.15, -0.1) is 0 Å². The molecule has 6 rings (SSSR count). The van der Waals surface area contributed by atoms with E-state index in [1.54, 1.807) is 18.2 Å². The lowest BCUT2D eigenvalue weighted by molar-refractivity contribution is -0.249. The zero-order chi connectivity index (χ0) is 30.8. The molecule has 0 aromatic heterocycles. The van der Waals surface area contributed by atoms with Gasteiger partial charge in [-0.2, -0.15) is 8.42 Å². The van der Waals surface area contributed by atoms with Crippen LogP contribution in [-0.2, 0) is 38.2 Å². The van der Waals surface area contributed by atoms with Crippen molar-refractivity contribution in [3.8, 4) is 0 Å². The molecular formula is C32H40O10S. The highest BCUT2D eigenvalue weighted by atomic mass is 32.2. The molecule has 0 unspecified atom stereocenters. The smallest absolute Gasteiger partial charge is 0.333 e. The number of carbonyl (C=O) groups excluding carboxylic acids is 3. The molecule has 1 aromatic carbocycles. The molecule has 4 fully saturated rings. The summed E-state index contributed by atoms with van der Waals surface area (Å²) in [6, 6.07) is 6.07. The van der Waals surface area contributed by atoms with E-state index in [-0.39, 0.29) is 48.1 Å². The number of fused-ring (bicyclic) bond motifs is 5. The fraction of sp³-hybridized carbons (Fsp3) is 0.656. The predicted octanol–water partition coefficient (Wildman–Crippen LogP) is 3.16. The highest BCUT2D eigenvalue weighted by Gasteiger charge is 2.71. The van der Waals surface area contributed by atoms with Gasteiger partial charge >= 0.3 is 11.9 Å². The van der Waals surface area contributed by atoms with Crippen LogP contribution < -0.4 is 0 Å². The van der Waals surface area contributed by atoms with Gasteiger partial charge in [-0.05, 0) is 93.7 Å². The molecule has 4 aliphatic carbocycles. The third-order valence-corrected chi connectivity index (χ3v) is 13.0. The van der Waals surface area contributed by atoms with Crippen LogP contribution in [0, 0.1) is 35.5 Å². The van der Waals surface area contributed by atoms with E-state index in [0.717, 1.165) is 23.8 Å². The number of esters is 2. The Morgan fingerprint density at radius 1 is 1.05 bits per heavy atom. The number of aryl methyl sites for hydroxylation is 1. The van der Waals surface area contributed by atoms with Gasteiger partial charge in [0.15, 0.2) is 6.61 Å². The maximum absolute atomic E-state index is 13.0. The first-order valence-electron chi connectivity index (χ1n) is 15.2. The topological polar surface area (TPSA) is 154 Å². The predicted molar refractivity (Wildman–Crippen MR) is 152 cm³/mol. The molecule has 0 saturated heterocycles. The molecule has 5 aliphatic rings. The summed E-state index contributed by atoms with van der Waals surface area (Å²) in [4.78, 5) is 37.3. The van der Waals surface area contributed by atoms with Crippen LogP contribution in [0.4, 0.5) is 0 Å². The lowest BCUT2D eigenvalue weighted by atomic mass is 9.41. The van der Waals surface area contributed by atoms with Crippen molar-refractivity contribution in [3.05, 3.63) is 41.5 Å². The Balaban J connectivity index is 1.14. The van der Waals surface area contributed by atoms with E-state index < -0.39 is 50.8 Å². The molecule has 10 nitrogen and oxygen atoms in total. The van der Waals surface area contributed by atoms with Crippen molar-refractivity contribution in [2.24, 2.45) is 28.6 Å². The van der Waals surface area contributed by atoms with E-state index >= 15 is 0 Å². The Bertz CT molecular complexity index is 1450. The zero-order valence-electron chi connectivity index (χ0n) is 24.6. The van der Waals surface area contributed by atoms with Gasteiger partial charge in [-0.3, -0.25) is 4.18 Å². The lowest BCUT2D eigenvalue weighted by Crippen LogP contribution is -2.69. The van der Waals surface area contributed by atoms with E-state index in [2.05, 4.69) is 6.92 Å². The summed E-state index contributed by atoms with van der Waals surface area (Å²) in [6.07, 6.45) is 5.78. The van der Waals surface area contributed by atoms with Crippen LogP contribution >= 0.6 is 0 Å². The maximum Gasteiger partial charge on any atom is 0.333 e. The van der Waals surface area contributed by atoms with Gasteiger partial charge in [-0.25, -0.2) is 9.59 Å². The Morgan fingerprint density at radius 3 is 2.44 bits per heavy atom. The van der Waals surface area contributed by atoms with Gasteiger partial charge in [0.2, 0.25) is 0 Å². The highest BCUT2D eigenvalue weighted by molar-refractivity contribution is 7.86. The second-order valence-electron chi connectivity index (χ2n) is 13.6. The van der Waals surface area contributed by atoms with E-state index in [1.807, 2.05) is 6.92 Å². The molecule has 11 heteroatoms. The number of ether oxygens (including phenoxy) is 2. The average Bonchev–Trinajstić information content (AvgIpc) is 3.51. The van der Waals surface area contributed by atoms with Crippen LogP contribution in [0.15, 0.2) is 40.8 Å². The Morgan fingerprint density at radius 2 is 1.77 bits per heavy atom. The quantitative estimate of drug-likeness (QED) is 0.265. The monoisotopic (exact) mass is 616 g/mol. The molecule has 2 N–H and O–H groups in total. The molecule has 1 heterocycles. The third kappa shape index (κ3) is 4.69. The molecule has 0 amide bonds. The van der Waals surface area contributed by atoms with Gasteiger partial charge in [0.1, 0.15) is 19.0 Å². The summed E-state index contributed by atoms with van der Waals surface area (Å²) in [7, 11) is -4.15. The van der Waals surface area contributed by atoms with E-state index in [9.17, 15) is 33.0 Å². The van der Waals surface area contributed by atoms with E-state index in [4.69, 9.17) is 13.7 Å². The van der Waals surface area contributed by atoms with Crippen LogP contribution in [0.2, 0.25) is 0 Å². The molecular weight excluding hydrogens is 576 g/mol. The molecule has 43 heavy (non-hydrogen) atoms. The standard InChI is InChI=1S/C32H40O10S/c1-20-3-5-23(6-4-20)43(38,39)41-18-28(35)42-22-7-12-30(19-33)25-8-11-29(2)24(21-15-27(34)40-17-21)10-14-32(29,37)26(25)9-13-31(30,36)16-22/h3-6,15,19,22,24-26,36-37H,7-14,16-18H2,1-2H3/t22-,24+,25-,26+,29+,30-,31-,32-/m0/s1. The molecule has 234 valence electrons. The van der Waals surface area contributed by atoms with Crippen LogP contribution in [0.1, 0.15) is 70.3 Å². The minimum absolute atomic E-state index is 0.0186. The van der Waals surface area contributed by atoms with Crippen molar-refractivity contribution in [1.29, 1.82) is 0 Å². The fourth-order valence-electron chi connectivity index (χ4n) is 9.54. The Kier molecular flexibility index (Phi) is 7.43. The van der Waals surface area contributed by atoms with E-state index in [0.29, 0.717) is 38.5 Å². The molecule has 1 aliphatic heterocycles. The summed E-state index contributed by atoms with van der Waals surface area (Å²) in [5, 5.41) is 24.4. The first kappa shape index (κ1) is 30.4. The molecule has 0 spiro atoms. The van der Waals surface area contributed by atoms with Crippen molar-refractivity contribution in [2.75, 3.05) is 13.2 Å². The van der Waals surface area contributed by atoms with Gasteiger partial charge in [-0.1, -0.05) is 24.6 Å². The van der Waals surface area contributed by atoms with Crippen LogP contribution in [0.5, 0.6) is 0 Å². The molecule has 0 radical (unpaired) electrons. The largest absolute Gasteiger partial charge is 0.461 e. The summed E-state index contributed by atoms with van der Waals surface area (Å²) in [5.74, 6) is -1.62. The minimum Gasteiger partial charge on any atom is -0.461 e. The van der Waals surface area contributed by atoms with Crippen LogP contribution in [-0.4, -0.2) is 67.4 Å². The number of hydrogen-bond acceptors (Lipinski definition) is 10. The summed E-state index contributed by atoms with van der Waals surface area (Å²) < 4.78 is 40.6. The molecule has 8 atom stereocenters. The molecule has 0 bridgehead atoms. The van der Waals surface area contributed by atoms with Gasteiger partial charge in [0, 0.05) is 17.9 Å². The molecule has 1 aromatic rings. The Hall–Kier alpha value is -2.60. The first-order valence-corrected chi connectivity index (χ1v) is 16.6. The van der Waals surface area contributed by atoms with Crippen molar-refractivity contribution >= 4 is 28.3 Å². The van der Waals surface area contributed by atoms with Crippen molar-refractivity contribution in [1.82, 2.24) is 0 Å². The fourth-order valence-corrected chi connectivity index (χ4v) is 10.4. The maximum atomic E-state index is 13.0. The lowest BCUT2D eigenvalue weighted by Gasteiger charge is -2.65. The summed E-state index contributed by atoms with van der Waals surface area (Å²) in [5.41, 5.74) is -2.23. The van der Waals surface area contributed by atoms with Crippen molar-refractivity contribution in [2.45, 2.75) is 93.8 Å². The SMILES string of the molecule is Cc1ccc(S(=O)(=O)OCC(=O)O[C@H]2CC[C@]3(C=O)[C@H]4CC[C@]5(C)[C@@H](C6=CC(=O)OC6)CC[C@]5(O)[C@@H]4CC[C@]3(O)C2)cc1. The van der Waals surface area contributed by atoms with Crippen LogP contribution in [0.25, 0.3) is 0 Å². The van der Waals surface area contributed by atoms with E-state index in [1.165, 1.54) is 12.1 Å². The number of rotatable bonds is 7. The normalized spacial score (nSPS) is 40.5. The Labute approximate surface area is 251 Å². The van der Waals surface area contributed by atoms with Crippen molar-refractivity contribution in [3.63, 3.8) is 0 Å². The number of benzene rings is 1. The summed E-state index contributed by atoms with van der Waals surface area (Å²) >= 11 is 0. The second kappa shape index (κ2) is 10.5. The number of aldehydes is 1. The summed E-state index contributed by atoms with van der Waals surface area (Å²) in [6.45, 7) is 3.37. The van der Waals surface area contributed by atoms with Gasteiger partial charge in [0.25, 0.3) is 10.1 Å². The number of hydrogen-bond donors (Lipinski definition) is 2. The average molecular weight is 617 g/mol. The minimum atomic E-state index is -4.15. The zero-order valence-corrected chi connectivity index (χ0v) is 25.4. The molecule has 4 saturated carbocycles. The first-order chi connectivity index (χ1) is 20.3. The van der Waals surface area contributed by atoms with Gasteiger partial charge in [0.05, 0.1) is 21.5 Å². The highest BCUT2D eigenvalue weighted by Crippen LogP contribution is 2.70. The number of cyclic esters (lactones) is 1. The number of carbonyl (C=O) groups is 3. The van der Waals surface area contributed by atoms with Crippen molar-refractivity contribution < 1.29 is 46.7 Å². The number of aliphatic hydroxyl groups is 2. The van der Waals surface area contributed by atoms with Crippen LogP contribution in [0.3, 0.4) is 0 Å².